The third-order valence-corrected chi connectivity index (χ3v) is 4.61. The summed E-state index contributed by atoms with van der Waals surface area (Å²) in [6.07, 6.45) is 1.30. The van der Waals surface area contributed by atoms with Gasteiger partial charge in [-0.25, -0.2) is 4.79 Å². The Labute approximate surface area is 118 Å². The van der Waals surface area contributed by atoms with Gasteiger partial charge in [-0.15, -0.1) is 0 Å². The summed E-state index contributed by atoms with van der Waals surface area (Å²) in [7, 11) is -3.29. The van der Waals surface area contributed by atoms with Gasteiger partial charge in [0.1, 0.15) is 17.6 Å². The lowest BCUT2D eigenvalue weighted by Crippen LogP contribution is -2.08. The van der Waals surface area contributed by atoms with Gasteiger partial charge in [-0.2, -0.15) is 0 Å². The molecule has 0 saturated heterocycles. The van der Waals surface area contributed by atoms with Gasteiger partial charge in [0, 0.05) is 5.56 Å². The van der Waals surface area contributed by atoms with E-state index in [0.717, 1.165) is 0 Å². The Morgan fingerprint density at radius 1 is 1.20 bits per heavy atom. The van der Waals surface area contributed by atoms with Gasteiger partial charge < -0.3 is 18.2 Å². The molecule has 1 aromatic heterocycles. The Morgan fingerprint density at radius 2 is 1.80 bits per heavy atom. The van der Waals surface area contributed by atoms with Crippen molar-refractivity contribution in [3.05, 3.63) is 23.2 Å². The zero-order chi connectivity index (χ0) is 15.2. The maximum atomic E-state index is 12.5. The molecule has 0 fully saturated rings. The summed E-state index contributed by atoms with van der Waals surface area (Å²) in [4.78, 5) is 11.8. The van der Waals surface area contributed by atoms with E-state index in [1.807, 2.05) is 0 Å². The van der Waals surface area contributed by atoms with Crippen molar-refractivity contribution in [2.45, 2.75) is 33.9 Å². The number of hydrogen-bond acceptors (Lipinski definition) is 6. The highest BCUT2D eigenvalue weighted by atomic mass is 31.2. The summed E-state index contributed by atoms with van der Waals surface area (Å²) < 4.78 is 33.2. The van der Waals surface area contributed by atoms with E-state index < -0.39 is 13.6 Å². The molecule has 7 heteroatoms. The first-order valence-corrected chi connectivity index (χ1v) is 8.32. The van der Waals surface area contributed by atoms with E-state index in [1.165, 1.54) is 6.26 Å². The average Bonchev–Trinajstić information content (AvgIpc) is 2.72. The predicted molar refractivity (Wildman–Crippen MR) is 74.0 cm³/mol. The fraction of sp³-hybridized carbons (Fsp3) is 0.615. The fourth-order valence-electron chi connectivity index (χ4n) is 1.77. The summed E-state index contributed by atoms with van der Waals surface area (Å²) in [5, 5.41) is 0. The van der Waals surface area contributed by atoms with E-state index in [0.29, 0.717) is 11.3 Å². The van der Waals surface area contributed by atoms with Crippen molar-refractivity contribution in [2.24, 2.45) is 0 Å². The molecule has 0 aliphatic heterocycles. The van der Waals surface area contributed by atoms with E-state index >= 15 is 0 Å². The third-order valence-electron chi connectivity index (χ3n) is 2.60. The molecule has 0 N–H and O–H groups in total. The zero-order valence-corrected chi connectivity index (χ0v) is 13.2. The van der Waals surface area contributed by atoms with Crippen molar-refractivity contribution in [2.75, 3.05) is 19.8 Å². The lowest BCUT2D eigenvalue weighted by Gasteiger charge is -2.17. The monoisotopic (exact) mass is 304 g/mol. The molecule has 1 heterocycles. The van der Waals surface area contributed by atoms with Crippen LogP contribution in [0.4, 0.5) is 0 Å². The number of ether oxygens (including phenoxy) is 1. The summed E-state index contributed by atoms with van der Waals surface area (Å²) in [5.74, 6) is 0.00609. The van der Waals surface area contributed by atoms with Crippen LogP contribution in [0.3, 0.4) is 0 Å². The molecular formula is C13H21O6P. The number of esters is 1. The molecule has 6 nitrogen and oxygen atoms in total. The molecule has 0 aromatic carbocycles. The van der Waals surface area contributed by atoms with Crippen molar-refractivity contribution < 1.29 is 27.6 Å². The molecular weight excluding hydrogens is 283 g/mol. The van der Waals surface area contributed by atoms with Crippen LogP contribution in [0.1, 0.15) is 42.5 Å². The van der Waals surface area contributed by atoms with Gasteiger partial charge in [-0.05, 0) is 27.7 Å². The van der Waals surface area contributed by atoms with E-state index in [4.69, 9.17) is 18.2 Å². The summed E-state index contributed by atoms with van der Waals surface area (Å²) in [5.41, 5.74) is 0.776. The molecule has 0 spiro atoms. The molecule has 0 radical (unpaired) electrons. The zero-order valence-electron chi connectivity index (χ0n) is 12.3. The Balaban J connectivity index is 3.03. The smallest absolute Gasteiger partial charge is 0.341 e. The van der Waals surface area contributed by atoms with Crippen LogP contribution in [0.15, 0.2) is 10.7 Å². The predicted octanol–water partition coefficient (Wildman–Crippen LogP) is 3.53. The van der Waals surface area contributed by atoms with Crippen LogP contribution in [0.5, 0.6) is 0 Å². The Morgan fingerprint density at radius 3 is 2.30 bits per heavy atom. The molecule has 0 aliphatic carbocycles. The van der Waals surface area contributed by atoms with Crippen molar-refractivity contribution in [3.63, 3.8) is 0 Å². The molecule has 20 heavy (non-hydrogen) atoms. The SMILES string of the molecule is CCOC(=O)c1coc(C)c1CP(=O)(OCC)OCC. The topological polar surface area (TPSA) is 75.0 Å². The molecule has 0 atom stereocenters. The summed E-state index contributed by atoms with van der Waals surface area (Å²) >= 11 is 0. The van der Waals surface area contributed by atoms with Crippen LogP contribution in [0.25, 0.3) is 0 Å². The van der Waals surface area contributed by atoms with Gasteiger partial charge in [0.2, 0.25) is 0 Å². The number of hydrogen-bond donors (Lipinski definition) is 0. The second-order valence-electron chi connectivity index (χ2n) is 4.01. The Kier molecular flexibility index (Phi) is 6.46. The van der Waals surface area contributed by atoms with Gasteiger partial charge in [-0.1, -0.05) is 0 Å². The average molecular weight is 304 g/mol. The van der Waals surface area contributed by atoms with Crippen molar-refractivity contribution >= 4 is 13.6 Å². The normalized spacial score (nSPS) is 11.6. The van der Waals surface area contributed by atoms with E-state index in [2.05, 4.69) is 0 Å². The van der Waals surface area contributed by atoms with Gasteiger partial charge in [0.15, 0.2) is 0 Å². The Bertz CT molecular complexity index is 483. The minimum Gasteiger partial charge on any atom is -0.468 e. The molecule has 1 rings (SSSR count). The molecule has 1 aromatic rings. The van der Waals surface area contributed by atoms with Crippen LogP contribution < -0.4 is 0 Å². The Hall–Kier alpha value is -1.10. The minimum absolute atomic E-state index is 0.00877. The number of rotatable bonds is 8. The fourth-order valence-corrected chi connectivity index (χ4v) is 3.60. The molecule has 0 amide bonds. The van der Waals surface area contributed by atoms with E-state index in [1.54, 1.807) is 27.7 Å². The highest BCUT2D eigenvalue weighted by Gasteiger charge is 2.30. The second kappa shape index (κ2) is 7.62. The standard InChI is InChI=1S/C13H21O6P/c1-5-16-13(14)11-8-17-10(4)12(11)9-20(15,18-6-2)19-7-3/h8H,5-7,9H2,1-4H3. The quantitative estimate of drug-likeness (QED) is 0.540. The van der Waals surface area contributed by atoms with Gasteiger partial charge in [0.05, 0.1) is 26.0 Å². The molecule has 0 aliphatic rings. The first-order valence-electron chi connectivity index (χ1n) is 6.59. The van der Waals surface area contributed by atoms with E-state index in [-0.39, 0.29) is 31.5 Å². The van der Waals surface area contributed by atoms with Gasteiger partial charge in [0.25, 0.3) is 0 Å². The summed E-state index contributed by atoms with van der Waals surface area (Å²) in [6.45, 7) is 7.68. The highest BCUT2D eigenvalue weighted by molar-refractivity contribution is 7.53. The molecule has 0 unspecified atom stereocenters. The van der Waals surface area contributed by atoms with Crippen LogP contribution >= 0.6 is 7.60 Å². The van der Waals surface area contributed by atoms with Crippen molar-refractivity contribution in [3.8, 4) is 0 Å². The number of carbonyl (C=O) groups is 1. The molecule has 0 bridgehead atoms. The number of furan rings is 1. The lowest BCUT2D eigenvalue weighted by molar-refractivity contribution is 0.0524. The number of aryl methyl sites for hydroxylation is 1. The van der Waals surface area contributed by atoms with E-state index in [9.17, 15) is 9.36 Å². The molecule has 114 valence electrons. The van der Waals surface area contributed by atoms with Crippen LogP contribution in [-0.2, 0) is 24.5 Å². The maximum absolute atomic E-state index is 12.5. The van der Waals surface area contributed by atoms with Crippen molar-refractivity contribution in [1.29, 1.82) is 0 Å². The maximum Gasteiger partial charge on any atom is 0.341 e. The van der Waals surface area contributed by atoms with Crippen LogP contribution in [-0.4, -0.2) is 25.8 Å². The van der Waals surface area contributed by atoms with Crippen LogP contribution in [0.2, 0.25) is 0 Å². The first-order chi connectivity index (χ1) is 9.47. The lowest BCUT2D eigenvalue weighted by atomic mass is 10.2. The first kappa shape index (κ1) is 17.0. The molecule has 0 saturated carbocycles. The largest absolute Gasteiger partial charge is 0.468 e. The van der Waals surface area contributed by atoms with Crippen LogP contribution in [0, 0.1) is 6.92 Å². The minimum atomic E-state index is -3.29. The van der Waals surface area contributed by atoms with Gasteiger partial charge >= 0.3 is 13.6 Å². The third kappa shape index (κ3) is 4.20. The van der Waals surface area contributed by atoms with Crippen molar-refractivity contribution in [1.82, 2.24) is 0 Å². The second-order valence-corrected chi connectivity index (χ2v) is 6.06. The number of carbonyl (C=O) groups excluding carboxylic acids is 1. The van der Waals surface area contributed by atoms with Gasteiger partial charge in [-0.3, -0.25) is 4.57 Å². The highest BCUT2D eigenvalue weighted by Crippen LogP contribution is 2.52. The summed E-state index contributed by atoms with van der Waals surface area (Å²) in [6, 6.07) is 0.